The van der Waals surface area contributed by atoms with E-state index in [1.54, 1.807) is 25.1 Å². The van der Waals surface area contributed by atoms with E-state index in [1.807, 2.05) is 0 Å². The Morgan fingerprint density at radius 1 is 1.44 bits per heavy atom. The largest absolute Gasteiger partial charge is 0.465 e. The third-order valence-electron chi connectivity index (χ3n) is 2.78. The van der Waals surface area contributed by atoms with Gasteiger partial charge in [-0.1, -0.05) is 6.07 Å². The number of hydrogen-bond acceptors (Lipinski definition) is 4. The van der Waals surface area contributed by atoms with Gasteiger partial charge in [0, 0.05) is 5.88 Å². The second-order valence-corrected chi connectivity index (χ2v) is 4.43. The van der Waals surface area contributed by atoms with Gasteiger partial charge in [-0.25, -0.2) is 4.79 Å². The summed E-state index contributed by atoms with van der Waals surface area (Å²) >= 11 is 5.52. The first-order valence-electron chi connectivity index (χ1n) is 5.62. The molecule has 0 saturated carbocycles. The highest BCUT2D eigenvalue weighted by molar-refractivity contribution is 6.17. The highest BCUT2D eigenvalue weighted by atomic mass is 35.5. The van der Waals surface area contributed by atoms with Gasteiger partial charge in [-0.05, 0) is 36.6 Å². The minimum absolute atomic E-state index is 0.275. The van der Waals surface area contributed by atoms with Crippen LogP contribution in [0.15, 0.2) is 18.2 Å². The van der Waals surface area contributed by atoms with Crippen LogP contribution >= 0.6 is 11.6 Å². The van der Waals surface area contributed by atoms with Crippen LogP contribution in [0.25, 0.3) is 0 Å². The van der Waals surface area contributed by atoms with Crippen molar-refractivity contribution in [1.29, 1.82) is 0 Å². The maximum absolute atomic E-state index is 11.3. The molecule has 0 aliphatic carbocycles. The molecule has 0 heterocycles. The molecule has 1 aromatic carbocycles. The predicted molar refractivity (Wildman–Crippen MR) is 68.8 cm³/mol. The molecule has 0 aromatic heterocycles. The second kappa shape index (κ2) is 6.73. The molecule has 1 rings (SSSR count). The van der Waals surface area contributed by atoms with Crippen molar-refractivity contribution in [3.8, 4) is 0 Å². The summed E-state index contributed by atoms with van der Waals surface area (Å²) in [6.45, 7) is 1.76. The van der Waals surface area contributed by atoms with Crippen LogP contribution in [0.4, 0.5) is 0 Å². The molecule has 0 saturated heterocycles. The lowest BCUT2D eigenvalue weighted by Crippen LogP contribution is -2.19. The van der Waals surface area contributed by atoms with Crippen LogP contribution in [0, 0.1) is 6.92 Å². The van der Waals surface area contributed by atoms with E-state index in [1.165, 1.54) is 7.11 Å². The van der Waals surface area contributed by atoms with E-state index >= 15 is 0 Å². The molecule has 100 valence electrons. The van der Waals surface area contributed by atoms with Crippen LogP contribution in [0.1, 0.15) is 34.0 Å². The molecule has 0 bridgehead atoms. The molecule has 0 aliphatic heterocycles. The van der Waals surface area contributed by atoms with E-state index in [4.69, 9.17) is 11.6 Å². The normalized spacial score (nSPS) is 14.1. The standard InChI is InChI=1S/C13H17ClO4/c1-8-7-9(13(17)18-2)3-4-10(8)12(16)11(15)5-6-14/h3-4,7,11-12,15-16H,5-6H2,1-2H3. The van der Waals surface area contributed by atoms with Crippen molar-refractivity contribution in [3.63, 3.8) is 0 Å². The van der Waals surface area contributed by atoms with Crippen molar-refractivity contribution in [2.24, 2.45) is 0 Å². The number of benzene rings is 1. The number of esters is 1. The fourth-order valence-electron chi connectivity index (χ4n) is 1.73. The molecule has 5 heteroatoms. The summed E-state index contributed by atoms with van der Waals surface area (Å²) in [6.07, 6.45) is -1.61. The van der Waals surface area contributed by atoms with E-state index in [0.29, 0.717) is 17.5 Å². The van der Waals surface area contributed by atoms with Gasteiger partial charge in [-0.15, -0.1) is 11.6 Å². The number of alkyl halides is 1. The van der Waals surface area contributed by atoms with E-state index in [-0.39, 0.29) is 5.88 Å². The zero-order valence-electron chi connectivity index (χ0n) is 10.4. The minimum Gasteiger partial charge on any atom is -0.465 e. The monoisotopic (exact) mass is 272 g/mol. The maximum atomic E-state index is 11.3. The Labute approximate surface area is 111 Å². The molecular formula is C13H17ClO4. The maximum Gasteiger partial charge on any atom is 0.337 e. The Hall–Kier alpha value is -1.10. The SMILES string of the molecule is COC(=O)c1ccc(C(O)C(O)CCCl)c(C)c1. The van der Waals surface area contributed by atoms with Crippen LogP contribution in [0.2, 0.25) is 0 Å². The number of carbonyl (C=O) groups excluding carboxylic acids is 1. The molecule has 0 amide bonds. The molecule has 0 aliphatic rings. The fraction of sp³-hybridized carbons (Fsp3) is 0.462. The molecule has 2 unspecified atom stereocenters. The quantitative estimate of drug-likeness (QED) is 0.634. The molecule has 2 atom stereocenters. The number of aliphatic hydroxyl groups is 2. The van der Waals surface area contributed by atoms with Gasteiger partial charge in [0.05, 0.1) is 18.8 Å². The number of ether oxygens (including phenoxy) is 1. The van der Waals surface area contributed by atoms with Gasteiger partial charge < -0.3 is 14.9 Å². The van der Waals surface area contributed by atoms with Crippen molar-refractivity contribution in [1.82, 2.24) is 0 Å². The third-order valence-corrected chi connectivity index (χ3v) is 3.00. The number of halogens is 1. The second-order valence-electron chi connectivity index (χ2n) is 4.05. The number of aryl methyl sites for hydroxylation is 1. The van der Waals surface area contributed by atoms with Crippen LogP contribution in [0.5, 0.6) is 0 Å². The summed E-state index contributed by atoms with van der Waals surface area (Å²) in [5.41, 5.74) is 1.72. The summed E-state index contributed by atoms with van der Waals surface area (Å²) in [5, 5.41) is 19.7. The topological polar surface area (TPSA) is 66.8 Å². The number of methoxy groups -OCH3 is 1. The van der Waals surface area contributed by atoms with E-state index in [2.05, 4.69) is 4.74 Å². The van der Waals surface area contributed by atoms with Gasteiger partial charge in [0.15, 0.2) is 0 Å². The zero-order valence-corrected chi connectivity index (χ0v) is 11.1. The van der Waals surface area contributed by atoms with E-state index in [9.17, 15) is 15.0 Å². The molecule has 2 N–H and O–H groups in total. The van der Waals surface area contributed by atoms with Crippen molar-refractivity contribution in [3.05, 3.63) is 34.9 Å². The minimum atomic E-state index is -1.00. The van der Waals surface area contributed by atoms with Crippen molar-refractivity contribution < 1.29 is 19.7 Å². The average Bonchev–Trinajstić information content (AvgIpc) is 2.37. The third kappa shape index (κ3) is 3.45. The Bertz CT molecular complexity index is 419. The highest BCUT2D eigenvalue weighted by Crippen LogP contribution is 2.23. The fourth-order valence-corrected chi connectivity index (χ4v) is 1.95. The van der Waals surface area contributed by atoms with E-state index in [0.717, 1.165) is 5.56 Å². The lowest BCUT2D eigenvalue weighted by molar-refractivity contribution is 0.0166. The van der Waals surface area contributed by atoms with Crippen molar-refractivity contribution in [2.75, 3.05) is 13.0 Å². The van der Waals surface area contributed by atoms with Crippen LogP contribution in [0.3, 0.4) is 0 Å². The highest BCUT2D eigenvalue weighted by Gasteiger charge is 2.20. The van der Waals surface area contributed by atoms with E-state index < -0.39 is 18.2 Å². The average molecular weight is 273 g/mol. The van der Waals surface area contributed by atoms with Gasteiger partial charge >= 0.3 is 5.97 Å². The van der Waals surface area contributed by atoms with Gasteiger partial charge in [0.1, 0.15) is 6.10 Å². The van der Waals surface area contributed by atoms with Gasteiger partial charge in [-0.3, -0.25) is 0 Å². The van der Waals surface area contributed by atoms with Gasteiger partial charge in [-0.2, -0.15) is 0 Å². The van der Waals surface area contributed by atoms with Crippen LogP contribution < -0.4 is 0 Å². The molecule has 18 heavy (non-hydrogen) atoms. The van der Waals surface area contributed by atoms with Gasteiger partial charge in [0.25, 0.3) is 0 Å². The summed E-state index contributed by atoms with van der Waals surface area (Å²) < 4.78 is 4.61. The zero-order chi connectivity index (χ0) is 13.7. The van der Waals surface area contributed by atoms with Crippen LogP contribution in [-0.2, 0) is 4.74 Å². The lowest BCUT2D eigenvalue weighted by Gasteiger charge is -2.19. The Morgan fingerprint density at radius 3 is 2.61 bits per heavy atom. The number of rotatable bonds is 5. The Kier molecular flexibility index (Phi) is 5.59. The molecular weight excluding hydrogens is 256 g/mol. The summed E-state index contributed by atoms with van der Waals surface area (Å²) in [6, 6.07) is 4.80. The molecule has 0 spiro atoms. The number of carbonyl (C=O) groups is 1. The van der Waals surface area contributed by atoms with Gasteiger partial charge in [0.2, 0.25) is 0 Å². The molecule has 0 radical (unpaired) electrons. The van der Waals surface area contributed by atoms with Crippen molar-refractivity contribution in [2.45, 2.75) is 25.6 Å². The molecule has 1 aromatic rings. The molecule has 4 nitrogen and oxygen atoms in total. The Morgan fingerprint density at radius 2 is 2.11 bits per heavy atom. The predicted octanol–water partition coefficient (Wildman–Crippen LogP) is 1.80. The Balaban J connectivity index is 2.94. The number of hydrogen-bond donors (Lipinski definition) is 2. The first-order chi connectivity index (χ1) is 8.51. The first kappa shape index (κ1) is 15.0. The smallest absolute Gasteiger partial charge is 0.337 e. The summed E-state index contributed by atoms with van der Waals surface area (Å²) in [7, 11) is 1.31. The summed E-state index contributed by atoms with van der Waals surface area (Å²) in [5.74, 6) is -0.155. The summed E-state index contributed by atoms with van der Waals surface area (Å²) in [4.78, 5) is 11.3. The van der Waals surface area contributed by atoms with Crippen molar-refractivity contribution >= 4 is 17.6 Å². The molecule has 0 fully saturated rings. The first-order valence-corrected chi connectivity index (χ1v) is 6.15. The lowest BCUT2D eigenvalue weighted by atomic mass is 9.96. The number of aliphatic hydroxyl groups excluding tert-OH is 2. The van der Waals surface area contributed by atoms with Crippen LogP contribution in [-0.4, -0.2) is 35.3 Å².